The molecule has 0 bridgehead atoms. The van der Waals surface area contributed by atoms with Crippen LogP contribution in [0.4, 0.5) is 5.69 Å². The summed E-state index contributed by atoms with van der Waals surface area (Å²) < 4.78 is 5.41. The first kappa shape index (κ1) is 12.6. The van der Waals surface area contributed by atoms with Crippen LogP contribution in [0.25, 0.3) is 0 Å². The van der Waals surface area contributed by atoms with Crippen molar-refractivity contribution in [2.75, 3.05) is 12.4 Å². The molecule has 0 amide bonds. The van der Waals surface area contributed by atoms with Crippen LogP contribution < -0.4 is 10.1 Å². The van der Waals surface area contributed by atoms with Crippen molar-refractivity contribution >= 4 is 28.9 Å². The van der Waals surface area contributed by atoms with E-state index in [0.29, 0.717) is 10.0 Å². The van der Waals surface area contributed by atoms with E-state index in [1.807, 2.05) is 30.3 Å². The van der Waals surface area contributed by atoms with E-state index in [9.17, 15) is 0 Å². The second kappa shape index (κ2) is 4.95. The van der Waals surface area contributed by atoms with E-state index in [2.05, 4.69) is 11.4 Å². The second-order valence-corrected chi connectivity index (χ2v) is 5.38. The Morgan fingerprint density at radius 2 is 1.89 bits per heavy atom. The first-order valence-electron chi connectivity index (χ1n) is 6.06. The highest BCUT2D eigenvalue weighted by atomic mass is 35.5. The molecular weight excluding hydrogens is 281 g/mol. The minimum atomic E-state index is 0.195. The Hall–Kier alpha value is -1.38. The van der Waals surface area contributed by atoms with Crippen LogP contribution in [0.1, 0.15) is 17.2 Å². The minimum absolute atomic E-state index is 0.195. The number of fused-ring (bicyclic) bond motifs is 1. The number of benzene rings is 2. The third kappa shape index (κ3) is 2.26. The highest BCUT2D eigenvalue weighted by molar-refractivity contribution is 6.42. The number of rotatable bonds is 2. The number of para-hydroxylation sites is 1. The van der Waals surface area contributed by atoms with Gasteiger partial charge in [-0.3, -0.25) is 0 Å². The van der Waals surface area contributed by atoms with Crippen molar-refractivity contribution in [2.45, 2.75) is 12.5 Å². The summed E-state index contributed by atoms with van der Waals surface area (Å²) in [5.74, 6) is 0.894. The molecule has 2 nitrogen and oxygen atoms in total. The molecule has 4 heteroatoms. The van der Waals surface area contributed by atoms with E-state index < -0.39 is 0 Å². The highest BCUT2D eigenvalue weighted by Gasteiger charge is 2.25. The Morgan fingerprint density at radius 1 is 1.16 bits per heavy atom. The lowest BCUT2D eigenvalue weighted by molar-refractivity contribution is 0.407. The number of nitrogens with one attached hydrogen (secondary N) is 1. The fourth-order valence-corrected chi connectivity index (χ4v) is 2.84. The van der Waals surface area contributed by atoms with E-state index in [4.69, 9.17) is 27.9 Å². The molecule has 1 N–H and O–H groups in total. The van der Waals surface area contributed by atoms with Gasteiger partial charge in [0, 0.05) is 11.3 Å². The van der Waals surface area contributed by atoms with Crippen LogP contribution in [0.3, 0.4) is 0 Å². The van der Waals surface area contributed by atoms with Gasteiger partial charge in [-0.1, -0.05) is 41.4 Å². The smallest absolute Gasteiger partial charge is 0.124 e. The molecule has 1 aliphatic rings. The molecule has 0 spiro atoms. The van der Waals surface area contributed by atoms with Crippen molar-refractivity contribution in [3.8, 4) is 5.75 Å². The number of hydrogen-bond donors (Lipinski definition) is 1. The molecule has 2 aromatic carbocycles. The van der Waals surface area contributed by atoms with Crippen LogP contribution in [0.15, 0.2) is 36.4 Å². The molecular formula is C15H13Cl2NO. The van der Waals surface area contributed by atoms with Gasteiger partial charge in [0.1, 0.15) is 5.75 Å². The van der Waals surface area contributed by atoms with Crippen molar-refractivity contribution in [3.63, 3.8) is 0 Å². The Balaban J connectivity index is 1.95. The zero-order valence-electron chi connectivity index (χ0n) is 10.4. The maximum Gasteiger partial charge on any atom is 0.124 e. The lowest BCUT2D eigenvalue weighted by Gasteiger charge is -2.15. The van der Waals surface area contributed by atoms with Gasteiger partial charge in [0.15, 0.2) is 0 Å². The molecule has 98 valence electrons. The van der Waals surface area contributed by atoms with Gasteiger partial charge in [-0.25, -0.2) is 0 Å². The zero-order chi connectivity index (χ0) is 13.4. The van der Waals surface area contributed by atoms with Gasteiger partial charge in [-0.2, -0.15) is 0 Å². The topological polar surface area (TPSA) is 21.3 Å². The molecule has 0 aromatic heterocycles. The summed E-state index contributed by atoms with van der Waals surface area (Å²) in [6.45, 7) is 0. The van der Waals surface area contributed by atoms with Crippen molar-refractivity contribution in [1.29, 1.82) is 0 Å². The van der Waals surface area contributed by atoms with E-state index in [1.165, 1.54) is 5.56 Å². The Labute approximate surface area is 122 Å². The molecule has 3 rings (SSSR count). The summed E-state index contributed by atoms with van der Waals surface area (Å²) in [5.41, 5.74) is 3.38. The van der Waals surface area contributed by atoms with Crippen LogP contribution in [0.2, 0.25) is 10.0 Å². The predicted molar refractivity (Wildman–Crippen MR) is 79.5 cm³/mol. The maximum atomic E-state index is 6.06. The summed E-state index contributed by atoms with van der Waals surface area (Å²) in [7, 11) is 1.69. The van der Waals surface area contributed by atoms with Crippen LogP contribution in [-0.2, 0) is 6.42 Å². The third-order valence-corrected chi connectivity index (χ3v) is 4.14. The predicted octanol–water partition coefficient (Wildman–Crippen LogP) is 4.71. The number of hydrogen-bond acceptors (Lipinski definition) is 2. The minimum Gasteiger partial charge on any atom is -0.496 e. The molecule has 2 aromatic rings. The molecule has 0 aliphatic carbocycles. The molecule has 0 saturated heterocycles. The van der Waals surface area contributed by atoms with Gasteiger partial charge in [-0.15, -0.1) is 0 Å². The SMILES string of the molecule is COc1ccccc1C1Cc2cc(Cl)c(Cl)cc2N1. The van der Waals surface area contributed by atoms with Gasteiger partial charge >= 0.3 is 0 Å². The standard InChI is InChI=1S/C15H13Cl2NO/c1-19-15-5-3-2-4-10(15)14-7-9-6-11(16)12(17)8-13(9)18-14/h2-6,8,14,18H,7H2,1H3. The van der Waals surface area contributed by atoms with Crippen molar-refractivity contribution < 1.29 is 4.74 Å². The molecule has 19 heavy (non-hydrogen) atoms. The summed E-state index contributed by atoms with van der Waals surface area (Å²) >= 11 is 12.1. The molecule has 1 atom stereocenters. The summed E-state index contributed by atoms with van der Waals surface area (Å²) in [6.07, 6.45) is 0.882. The highest BCUT2D eigenvalue weighted by Crippen LogP contribution is 2.40. The fourth-order valence-electron chi connectivity index (χ4n) is 2.49. The number of halogens is 2. The Morgan fingerprint density at radius 3 is 2.68 bits per heavy atom. The number of ether oxygens (including phenoxy) is 1. The molecule has 1 aliphatic heterocycles. The second-order valence-electron chi connectivity index (χ2n) is 4.57. The quantitative estimate of drug-likeness (QED) is 0.866. The van der Waals surface area contributed by atoms with Gasteiger partial charge in [0.25, 0.3) is 0 Å². The van der Waals surface area contributed by atoms with Crippen molar-refractivity contribution in [2.24, 2.45) is 0 Å². The molecule has 0 fully saturated rings. The van der Waals surface area contributed by atoms with E-state index in [1.54, 1.807) is 7.11 Å². The first-order chi connectivity index (χ1) is 9.19. The van der Waals surface area contributed by atoms with Gasteiger partial charge < -0.3 is 10.1 Å². The van der Waals surface area contributed by atoms with Crippen LogP contribution in [-0.4, -0.2) is 7.11 Å². The Bertz CT molecular complexity index is 597. The number of anilines is 1. The van der Waals surface area contributed by atoms with Crippen LogP contribution in [0.5, 0.6) is 5.75 Å². The lowest BCUT2D eigenvalue weighted by atomic mass is 10.0. The molecule has 1 unspecified atom stereocenters. The van der Waals surface area contributed by atoms with Crippen LogP contribution in [0, 0.1) is 0 Å². The van der Waals surface area contributed by atoms with Crippen molar-refractivity contribution in [3.05, 3.63) is 57.6 Å². The maximum absolute atomic E-state index is 6.06. The van der Waals surface area contributed by atoms with Gasteiger partial charge in [0.2, 0.25) is 0 Å². The molecule has 0 saturated carbocycles. The monoisotopic (exact) mass is 293 g/mol. The average molecular weight is 294 g/mol. The van der Waals surface area contributed by atoms with E-state index in [0.717, 1.165) is 23.4 Å². The van der Waals surface area contributed by atoms with Gasteiger partial charge in [0.05, 0.1) is 23.2 Å². The number of methoxy groups -OCH3 is 1. The third-order valence-electron chi connectivity index (χ3n) is 3.41. The lowest BCUT2D eigenvalue weighted by Crippen LogP contribution is -2.07. The van der Waals surface area contributed by atoms with E-state index in [-0.39, 0.29) is 6.04 Å². The fraction of sp³-hybridized carbons (Fsp3) is 0.200. The van der Waals surface area contributed by atoms with Crippen LogP contribution >= 0.6 is 23.2 Å². The van der Waals surface area contributed by atoms with Crippen molar-refractivity contribution in [1.82, 2.24) is 0 Å². The summed E-state index contributed by atoms with van der Waals surface area (Å²) in [5, 5.41) is 4.65. The first-order valence-corrected chi connectivity index (χ1v) is 6.82. The molecule has 0 radical (unpaired) electrons. The normalized spacial score (nSPS) is 16.9. The van der Waals surface area contributed by atoms with Gasteiger partial charge in [-0.05, 0) is 30.2 Å². The summed E-state index contributed by atoms with van der Waals surface area (Å²) in [4.78, 5) is 0. The largest absolute Gasteiger partial charge is 0.496 e. The Kier molecular flexibility index (Phi) is 3.29. The zero-order valence-corrected chi connectivity index (χ0v) is 11.9. The summed E-state index contributed by atoms with van der Waals surface area (Å²) in [6, 6.07) is 12.0. The molecule has 1 heterocycles. The average Bonchev–Trinajstić information content (AvgIpc) is 2.82. The van der Waals surface area contributed by atoms with E-state index >= 15 is 0 Å².